The lowest BCUT2D eigenvalue weighted by Gasteiger charge is -1.98. The van der Waals surface area contributed by atoms with Crippen LogP contribution in [0.3, 0.4) is 0 Å². The number of thioether (sulfide) groups is 1. The molecule has 0 spiro atoms. The summed E-state index contributed by atoms with van der Waals surface area (Å²) in [5.74, 6) is -0.0180. The number of phenols is 1. The summed E-state index contributed by atoms with van der Waals surface area (Å²) >= 11 is 7.30. The molecule has 1 aliphatic rings. The number of aliphatic imine (C=N–C) groups is 1. The Balaban J connectivity index is 1.84. The quantitative estimate of drug-likeness (QED) is 0.820. The second kappa shape index (κ2) is 6.25. The summed E-state index contributed by atoms with van der Waals surface area (Å²) in [6.07, 6.45) is 1.74. The maximum atomic E-state index is 12.0. The van der Waals surface area contributed by atoms with Gasteiger partial charge in [0.1, 0.15) is 5.75 Å². The molecule has 0 unspecified atom stereocenters. The van der Waals surface area contributed by atoms with Crippen LogP contribution in [0.25, 0.3) is 6.08 Å². The molecule has 4 nitrogen and oxygen atoms in total. The number of rotatable bonds is 2. The fourth-order valence-corrected chi connectivity index (χ4v) is 2.87. The summed E-state index contributed by atoms with van der Waals surface area (Å²) in [7, 11) is 0. The van der Waals surface area contributed by atoms with Crippen LogP contribution in [0.15, 0.2) is 58.4 Å². The maximum absolute atomic E-state index is 12.0. The maximum Gasteiger partial charge on any atom is 0.264 e. The molecule has 0 saturated carbocycles. The predicted octanol–water partition coefficient (Wildman–Crippen LogP) is 3.94. The van der Waals surface area contributed by atoms with Crippen LogP contribution in [0.5, 0.6) is 5.75 Å². The highest BCUT2D eigenvalue weighted by Crippen LogP contribution is 2.30. The number of nitrogens with one attached hydrogen (secondary N) is 1. The van der Waals surface area contributed by atoms with Crippen molar-refractivity contribution in [3.05, 3.63) is 64.0 Å². The number of phenolic OH excluding ortho intramolecular Hbond substituents is 1. The Morgan fingerprint density at radius 1 is 1.14 bits per heavy atom. The van der Waals surface area contributed by atoms with Gasteiger partial charge in [0.05, 0.1) is 15.6 Å². The Hall–Kier alpha value is -2.24. The number of halogens is 1. The third kappa shape index (κ3) is 3.32. The molecule has 1 saturated heterocycles. The van der Waals surface area contributed by atoms with Gasteiger partial charge < -0.3 is 10.4 Å². The van der Waals surface area contributed by atoms with Crippen LogP contribution in [0, 0.1) is 0 Å². The number of nitrogens with zero attached hydrogens (tertiary/aromatic N) is 1. The van der Waals surface area contributed by atoms with Crippen LogP contribution in [-0.2, 0) is 4.79 Å². The minimum Gasteiger partial charge on any atom is -0.508 e. The summed E-state index contributed by atoms with van der Waals surface area (Å²) in [4.78, 5) is 16.9. The zero-order chi connectivity index (χ0) is 15.5. The van der Waals surface area contributed by atoms with Gasteiger partial charge in [0.15, 0.2) is 5.17 Å². The summed E-state index contributed by atoms with van der Waals surface area (Å²) in [5, 5.41) is 13.0. The molecule has 1 fully saturated rings. The van der Waals surface area contributed by atoms with E-state index in [-0.39, 0.29) is 11.7 Å². The molecule has 0 bridgehead atoms. The second-order valence-corrected chi connectivity index (χ2v) is 5.96. The summed E-state index contributed by atoms with van der Waals surface area (Å²) in [6.45, 7) is 0. The zero-order valence-corrected chi connectivity index (χ0v) is 12.9. The lowest BCUT2D eigenvalue weighted by Crippen LogP contribution is -2.19. The lowest BCUT2D eigenvalue weighted by atomic mass is 10.2. The van der Waals surface area contributed by atoms with Crippen LogP contribution in [0.4, 0.5) is 5.69 Å². The number of carbonyl (C=O) groups is 1. The molecule has 1 heterocycles. The molecular weight excluding hydrogens is 320 g/mol. The van der Waals surface area contributed by atoms with E-state index >= 15 is 0 Å². The van der Waals surface area contributed by atoms with E-state index in [0.717, 1.165) is 5.56 Å². The normalized spacial score (nSPS) is 18.0. The average Bonchev–Trinajstić information content (AvgIpc) is 2.84. The van der Waals surface area contributed by atoms with E-state index in [1.54, 1.807) is 42.5 Å². The van der Waals surface area contributed by atoms with Crippen molar-refractivity contribution in [2.75, 3.05) is 0 Å². The topological polar surface area (TPSA) is 61.7 Å². The average molecular weight is 331 g/mol. The lowest BCUT2D eigenvalue weighted by molar-refractivity contribution is -0.115. The molecule has 22 heavy (non-hydrogen) atoms. The van der Waals surface area contributed by atoms with Gasteiger partial charge in [0.2, 0.25) is 0 Å². The van der Waals surface area contributed by atoms with Gasteiger partial charge in [-0.05, 0) is 47.7 Å². The Kier molecular flexibility index (Phi) is 4.18. The van der Waals surface area contributed by atoms with Gasteiger partial charge in [0.25, 0.3) is 5.91 Å². The fourth-order valence-electron chi connectivity index (χ4n) is 1.85. The number of aromatic hydroxyl groups is 1. The second-order valence-electron chi connectivity index (χ2n) is 4.52. The Labute approximate surface area is 136 Å². The Bertz CT molecular complexity index is 785. The first-order valence-electron chi connectivity index (χ1n) is 6.45. The first kappa shape index (κ1) is 14.7. The van der Waals surface area contributed by atoms with Crippen molar-refractivity contribution >= 4 is 46.2 Å². The van der Waals surface area contributed by atoms with Crippen LogP contribution < -0.4 is 5.32 Å². The molecule has 2 aromatic carbocycles. The van der Waals surface area contributed by atoms with E-state index in [1.165, 1.54) is 11.8 Å². The van der Waals surface area contributed by atoms with Gasteiger partial charge in [0, 0.05) is 0 Å². The highest BCUT2D eigenvalue weighted by atomic mass is 35.5. The SMILES string of the molecule is O=C1N/C(=N\c2ccccc2Cl)S/C1=C\c1ccc(O)cc1. The third-order valence-corrected chi connectivity index (χ3v) is 4.15. The molecule has 0 atom stereocenters. The van der Waals surface area contributed by atoms with Gasteiger partial charge in [-0.2, -0.15) is 0 Å². The first-order valence-corrected chi connectivity index (χ1v) is 7.64. The van der Waals surface area contributed by atoms with Crippen molar-refractivity contribution in [2.24, 2.45) is 4.99 Å². The number of para-hydroxylation sites is 1. The van der Waals surface area contributed by atoms with E-state index in [9.17, 15) is 9.90 Å². The van der Waals surface area contributed by atoms with Gasteiger partial charge in [-0.25, -0.2) is 4.99 Å². The number of carbonyl (C=O) groups excluding carboxylic acids is 1. The Morgan fingerprint density at radius 2 is 1.86 bits per heavy atom. The molecule has 0 radical (unpaired) electrons. The number of amides is 1. The predicted molar refractivity (Wildman–Crippen MR) is 90.4 cm³/mol. The van der Waals surface area contributed by atoms with E-state index in [4.69, 9.17) is 11.6 Å². The molecule has 6 heteroatoms. The molecule has 2 aromatic rings. The van der Waals surface area contributed by atoms with Crippen LogP contribution >= 0.6 is 23.4 Å². The molecule has 0 aliphatic carbocycles. The van der Waals surface area contributed by atoms with Crippen LogP contribution in [-0.4, -0.2) is 16.2 Å². The molecule has 110 valence electrons. The van der Waals surface area contributed by atoms with Gasteiger partial charge in [-0.15, -0.1) is 0 Å². The van der Waals surface area contributed by atoms with Crippen molar-refractivity contribution < 1.29 is 9.90 Å². The number of benzene rings is 2. The zero-order valence-electron chi connectivity index (χ0n) is 11.3. The van der Waals surface area contributed by atoms with Crippen LogP contribution in [0.2, 0.25) is 5.02 Å². The van der Waals surface area contributed by atoms with Crippen molar-refractivity contribution in [3.8, 4) is 5.75 Å². The number of hydrogen-bond donors (Lipinski definition) is 2. The first-order chi connectivity index (χ1) is 10.6. The third-order valence-electron chi connectivity index (χ3n) is 2.92. The van der Waals surface area contributed by atoms with E-state index in [2.05, 4.69) is 10.3 Å². The highest BCUT2D eigenvalue weighted by Gasteiger charge is 2.23. The monoisotopic (exact) mass is 330 g/mol. The summed E-state index contributed by atoms with van der Waals surface area (Å²) in [5.41, 5.74) is 1.44. The molecule has 2 N–H and O–H groups in total. The molecule has 3 rings (SSSR count). The van der Waals surface area contributed by atoms with Crippen molar-refractivity contribution in [3.63, 3.8) is 0 Å². The van der Waals surface area contributed by atoms with E-state index in [0.29, 0.717) is 20.8 Å². The van der Waals surface area contributed by atoms with Crippen molar-refractivity contribution in [1.29, 1.82) is 0 Å². The van der Waals surface area contributed by atoms with E-state index in [1.807, 2.05) is 12.1 Å². The fraction of sp³-hybridized carbons (Fsp3) is 0. The molecular formula is C16H11ClN2O2S. The summed E-state index contributed by atoms with van der Waals surface area (Å²) in [6, 6.07) is 13.8. The standard InChI is InChI=1S/C16H11ClN2O2S/c17-12-3-1-2-4-13(12)18-16-19-15(21)14(22-16)9-10-5-7-11(20)8-6-10/h1-9,20H,(H,18,19,21)/b14-9-. The molecule has 0 aromatic heterocycles. The van der Waals surface area contributed by atoms with Crippen LogP contribution in [0.1, 0.15) is 5.56 Å². The minimum absolute atomic E-state index is 0.187. The largest absolute Gasteiger partial charge is 0.508 e. The van der Waals surface area contributed by atoms with Crippen molar-refractivity contribution in [2.45, 2.75) is 0 Å². The number of amidine groups is 1. The number of hydrogen-bond acceptors (Lipinski definition) is 4. The molecule has 1 aliphatic heterocycles. The molecule has 1 amide bonds. The van der Waals surface area contributed by atoms with Crippen molar-refractivity contribution in [1.82, 2.24) is 5.32 Å². The highest BCUT2D eigenvalue weighted by molar-refractivity contribution is 8.18. The van der Waals surface area contributed by atoms with Gasteiger partial charge >= 0.3 is 0 Å². The summed E-state index contributed by atoms with van der Waals surface area (Å²) < 4.78 is 0. The van der Waals surface area contributed by atoms with Gasteiger partial charge in [-0.3, -0.25) is 4.79 Å². The van der Waals surface area contributed by atoms with E-state index < -0.39 is 0 Å². The Morgan fingerprint density at radius 3 is 2.59 bits per heavy atom. The van der Waals surface area contributed by atoms with Gasteiger partial charge in [-0.1, -0.05) is 35.9 Å². The smallest absolute Gasteiger partial charge is 0.264 e. The minimum atomic E-state index is -0.205.